The van der Waals surface area contributed by atoms with Crippen LogP contribution in [-0.4, -0.2) is 24.1 Å². The summed E-state index contributed by atoms with van der Waals surface area (Å²) in [7, 11) is 0. The van der Waals surface area contributed by atoms with E-state index in [-0.39, 0.29) is 5.91 Å². The summed E-state index contributed by atoms with van der Waals surface area (Å²) in [6, 6.07) is 12.7. The van der Waals surface area contributed by atoms with Crippen LogP contribution < -0.4 is 14.8 Å². The number of hydrogen-bond acceptors (Lipinski definition) is 5. The van der Waals surface area contributed by atoms with Crippen molar-refractivity contribution >= 4 is 45.6 Å². The van der Waals surface area contributed by atoms with E-state index in [0.29, 0.717) is 47.0 Å². The predicted molar refractivity (Wildman–Crippen MR) is 119 cm³/mol. The van der Waals surface area contributed by atoms with Crippen LogP contribution in [-0.2, 0) is 4.79 Å². The molecule has 5 nitrogen and oxygen atoms in total. The van der Waals surface area contributed by atoms with Gasteiger partial charge >= 0.3 is 0 Å². The summed E-state index contributed by atoms with van der Waals surface area (Å²) in [4.78, 5) is 16.7. The number of carbonyl (C=O) groups is 1. The van der Waals surface area contributed by atoms with E-state index in [1.807, 2.05) is 36.6 Å². The zero-order valence-corrected chi connectivity index (χ0v) is 18.1. The van der Waals surface area contributed by atoms with E-state index in [1.165, 1.54) is 11.3 Å². The maximum Gasteiger partial charge on any atom is 0.226 e. The van der Waals surface area contributed by atoms with Gasteiger partial charge in [-0.05, 0) is 43.7 Å². The molecule has 1 N–H and O–H groups in total. The van der Waals surface area contributed by atoms with Gasteiger partial charge in [0.2, 0.25) is 5.91 Å². The second-order valence-electron chi connectivity index (χ2n) is 6.04. The molecule has 0 atom stereocenters. The van der Waals surface area contributed by atoms with Gasteiger partial charge in [-0.3, -0.25) is 4.79 Å². The summed E-state index contributed by atoms with van der Waals surface area (Å²) in [5.41, 5.74) is 1.68. The van der Waals surface area contributed by atoms with Crippen LogP contribution >= 0.6 is 34.5 Å². The summed E-state index contributed by atoms with van der Waals surface area (Å²) in [6.45, 7) is 2.89. The van der Waals surface area contributed by atoms with Crippen molar-refractivity contribution in [1.29, 1.82) is 0 Å². The summed E-state index contributed by atoms with van der Waals surface area (Å²) in [6.07, 6.45) is 0.867. The van der Waals surface area contributed by atoms with Gasteiger partial charge in [-0.1, -0.05) is 35.3 Å². The minimum Gasteiger partial charge on any atom is -0.493 e. The largest absolute Gasteiger partial charge is 0.493 e. The van der Waals surface area contributed by atoms with Crippen molar-refractivity contribution in [2.75, 3.05) is 18.5 Å². The van der Waals surface area contributed by atoms with Gasteiger partial charge in [-0.15, -0.1) is 11.3 Å². The van der Waals surface area contributed by atoms with Gasteiger partial charge in [0.1, 0.15) is 11.5 Å². The second-order valence-corrected chi connectivity index (χ2v) is 7.74. The Labute approximate surface area is 183 Å². The van der Waals surface area contributed by atoms with E-state index in [4.69, 9.17) is 32.7 Å². The molecule has 1 amide bonds. The van der Waals surface area contributed by atoms with E-state index in [2.05, 4.69) is 10.3 Å². The molecule has 0 aliphatic rings. The third-order valence-corrected chi connectivity index (χ3v) is 5.20. The van der Waals surface area contributed by atoms with E-state index < -0.39 is 0 Å². The highest BCUT2D eigenvalue weighted by Gasteiger charge is 2.12. The van der Waals surface area contributed by atoms with Crippen LogP contribution in [0.15, 0.2) is 47.8 Å². The SMILES string of the molecule is CCOc1ccccc1-c1csc(NC(=O)CCCOc2ccc(Cl)cc2Cl)n1. The summed E-state index contributed by atoms with van der Waals surface area (Å²) < 4.78 is 11.2. The Morgan fingerprint density at radius 1 is 1.14 bits per heavy atom. The van der Waals surface area contributed by atoms with Crippen LogP contribution in [0.3, 0.4) is 0 Å². The number of aromatic nitrogens is 1. The van der Waals surface area contributed by atoms with Crippen molar-refractivity contribution in [2.45, 2.75) is 19.8 Å². The quantitative estimate of drug-likeness (QED) is 0.387. The van der Waals surface area contributed by atoms with Gasteiger partial charge < -0.3 is 14.8 Å². The number of anilines is 1. The fourth-order valence-electron chi connectivity index (χ4n) is 2.60. The number of amides is 1. The molecule has 0 saturated heterocycles. The molecule has 0 fully saturated rings. The highest BCUT2D eigenvalue weighted by Crippen LogP contribution is 2.32. The highest BCUT2D eigenvalue weighted by molar-refractivity contribution is 7.14. The number of hydrogen-bond donors (Lipinski definition) is 1. The van der Waals surface area contributed by atoms with Gasteiger partial charge in [0.25, 0.3) is 0 Å². The predicted octanol–water partition coefficient (Wildman–Crippen LogP) is 6.31. The Kier molecular flexibility index (Phi) is 7.75. The molecule has 29 heavy (non-hydrogen) atoms. The lowest BCUT2D eigenvalue weighted by Crippen LogP contribution is -2.12. The number of nitrogens with zero attached hydrogens (tertiary/aromatic N) is 1. The molecular formula is C21H20Cl2N2O3S. The number of nitrogens with one attached hydrogen (secondary N) is 1. The van der Waals surface area contributed by atoms with Gasteiger partial charge in [0.05, 0.1) is 23.9 Å². The van der Waals surface area contributed by atoms with Crippen LogP contribution in [0.5, 0.6) is 11.5 Å². The van der Waals surface area contributed by atoms with Gasteiger partial charge in [-0.2, -0.15) is 0 Å². The number of carbonyl (C=O) groups excluding carboxylic acids is 1. The molecule has 3 rings (SSSR count). The first-order valence-electron chi connectivity index (χ1n) is 9.12. The maximum atomic E-state index is 12.2. The van der Waals surface area contributed by atoms with E-state index in [9.17, 15) is 4.79 Å². The Balaban J connectivity index is 1.49. The van der Waals surface area contributed by atoms with E-state index in [1.54, 1.807) is 18.2 Å². The van der Waals surface area contributed by atoms with Crippen molar-refractivity contribution in [1.82, 2.24) is 4.98 Å². The molecule has 2 aromatic carbocycles. The van der Waals surface area contributed by atoms with Crippen molar-refractivity contribution in [2.24, 2.45) is 0 Å². The Morgan fingerprint density at radius 3 is 2.76 bits per heavy atom. The average Bonchev–Trinajstić information content (AvgIpc) is 3.15. The fourth-order valence-corrected chi connectivity index (χ4v) is 3.79. The standard InChI is InChI=1S/C21H20Cl2N2O3S/c1-2-27-18-7-4-3-6-15(18)17-13-29-21(24-17)25-20(26)8-5-11-28-19-10-9-14(22)12-16(19)23/h3-4,6-7,9-10,12-13H,2,5,8,11H2,1H3,(H,24,25,26). The molecule has 0 unspecified atom stereocenters. The number of benzene rings is 2. The summed E-state index contributed by atoms with van der Waals surface area (Å²) in [5.74, 6) is 1.21. The number of halogens is 2. The minimum atomic E-state index is -0.116. The summed E-state index contributed by atoms with van der Waals surface area (Å²) in [5, 5.41) is 6.28. The van der Waals surface area contributed by atoms with Crippen molar-refractivity contribution < 1.29 is 14.3 Å². The van der Waals surface area contributed by atoms with E-state index in [0.717, 1.165) is 17.0 Å². The first-order chi connectivity index (χ1) is 14.1. The van der Waals surface area contributed by atoms with Crippen molar-refractivity contribution in [3.8, 4) is 22.8 Å². The molecule has 152 valence electrons. The molecule has 1 heterocycles. The molecule has 0 spiro atoms. The van der Waals surface area contributed by atoms with Gasteiger partial charge in [-0.25, -0.2) is 4.98 Å². The molecule has 0 radical (unpaired) electrons. The molecule has 8 heteroatoms. The van der Waals surface area contributed by atoms with Crippen LogP contribution in [0.2, 0.25) is 10.0 Å². The van der Waals surface area contributed by atoms with Crippen LogP contribution in [0, 0.1) is 0 Å². The third kappa shape index (κ3) is 6.10. The van der Waals surface area contributed by atoms with Gasteiger partial charge in [0, 0.05) is 22.4 Å². The van der Waals surface area contributed by atoms with Crippen LogP contribution in [0.25, 0.3) is 11.3 Å². The Bertz CT molecular complexity index is 978. The molecule has 3 aromatic rings. The molecule has 0 saturated carbocycles. The number of rotatable bonds is 9. The minimum absolute atomic E-state index is 0.116. The monoisotopic (exact) mass is 450 g/mol. The third-order valence-electron chi connectivity index (χ3n) is 3.91. The van der Waals surface area contributed by atoms with Crippen molar-refractivity contribution in [3.05, 3.63) is 57.9 Å². The van der Waals surface area contributed by atoms with Crippen molar-refractivity contribution in [3.63, 3.8) is 0 Å². The number of thiazole rings is 1. The smallest absolute Gasteiger partial charge is 0.226 e. The molecule has 0 aliphatic heterocycles. The topological polar surface area (TPSA) is 60.5 Å². The van der Waals surface area contributed by atoms with Crippen LogP contribution in [0.1, 0.15) is 19.8 Å². The maximum absolute atomic E-state index is 12.2. The lowest BCUT2D eigenvalue weighted by Gasteiger charge is -2.08. The van der Waals surface area contributed by atoms with Crippen LogP contribution in [0.4, 0.5) is 5.13 Å². The lowest BCUT2D eigenvalue weighted by molar-refractivity contribution is -0.116. The molecule has 0 bridgehead atoms. The lowest BCUT2D eigenvalue weighted by atomic mass is 10.1. The highest BCUT2D eigenvalue weighted by atomic mass is 35.5. The number of ether oxygens (including phenoxy) is 2. The molecule has 0 aliphatic carbocycles. The Hall–Kier alpha value is -2.28. The first kappa shape index (κ1) is 21.4. The number of para-hydroxylation sites is 1. The zero-order valence-electron chi connectivity index (χ0n) is 15.8. The molecule has 1 aromatic heterocycles. The average molecular weight is 451 g/mol. The van der Waals surface area contributed by atoms with E-state index >= 15 is 0 Å². The summed E-state index contributed by atoms with van der Waals surface area (Å²) >= 11 is 13.3. The second kappa shape index (κ2) is 10.5. The normalized spacial score (nSPS) is 10.6. The van der Waals surface area contributed by atoms with Gasteiger partial charge in [0.15, 0.2) is 5.13 Å². The zero-order chi connectivity index (χ0) is 20.6. The fraction of sp³-hybridized carbons (Fsp3) is 0.238. The molecular weight excluding hydrogens is 431 g/mol. The Morgan fingerprint density at radius 2 is 1.97 bits per heavy atom. The first-order valence-corrected chi connectivity index (χ1v) is 10.8.